The molecular formula is C11H10FNO2. The van der Waals surface area contributed by atoms with Crippen LogP contribution in [0.1, 0.15) is 29.6 Å². The summed E-state index contributed by atoms with van der Waals surface area (Å²) < 4.78 is 13.1. The molecule has 15 heavy (non-hydrogen) atoms. The molecule has 1 saturated carbocycles. The maximum atomic E-state index is 13.1. The van der Waals surface area contributed by atoms with Gasteiger partial charge in [0.05, 0.1) is 11.3 Å². The topological polar surface area (TPSA) is 38.7 Å². The minimum absolute atomic E-state index is 0.0822. The van der Waals surface area contributed by atoms with Gasteiger partial charge in [0.15, 0.2) is 0 Å². The Balaban J connectivity index is 2.04. The van der Waals surface area contributed by atoms with E-state index in [-0.39, 0.29) is 5.56 Å². The summed E-state index contributed by atoms with van der Waals surface area (Å²) in [5.41, 5.74) is 0.779. The van der Waals surface area contributed by atoms with Crippen LogP contribution in [-0.4, -0.2) is 11.7 Å². The van der Waals surface area contributed by atoms with Crippen LogP contribution in [0.25, 0.3) is 0 Å². The first-order chi connectivity index (χ1) is 7.27. The molecule has 1 aliphatic rings. The first-order valence-corrected chi connectivity index (χ1v) is 4.79. The van der Waals surface area contributed by atoms with Gasteiger partial charge >= 0.3 is 5.97 Å². The van der Waals surface area contributed by atoms with E-state index < -0.39 is 11.8 Å². The highest BCUT2D eigenvalue weighted by atomic mass is 19.1. The Morgan fingerprint density at radius 1 is 1.33 bits per heavy atom. The number of carbonyl (C=O) groups excluding carboxylic acids is 1. The summed E-state index contributed by atoms with van der Waals surface area (Å²) >= 11 is 0. The molecule has 0 spiro atoms. The van der Waals surface area contributed by atoms with Crippen LogP contribution < -0.4 is 0 Å². The second-order valence-corrected chi connectivity index (χ2v) is 3.37. The van der Waals surface area contributed by atoms with E-state index in [1.807, 2.05) is 0 Å². The lowest BCUT2D eigenvalue weighted by Crippen LogP contribution is -2.12. The first kappa shape index (κ1) is 9.83. The Morgan fingerprint density at radius 3 is 2.67 bits per heavy atom. The third-order valence-corrected chi connectivity index (χ3v) is 2.28. The summed E-state index contributed by atoms with van der Waals surface area (Å²) in [6.45, 7) is 0. The van der Waals surface area contributed by atoms with E-state index in [0.29, 0.717) is 0 Å². The number of benzene rings is 1. The Kier molecular flexibility index (Phi) is 2.76. The van der Waals surface area contributed by atoms with Gasteiger partial charge in [-0.15, -0.1) is 0 Å². The second kappa shape index (κ2) is 4.21. The largest absolute Gasteiger partial charge is 0.368 e. The minimum atomic E-state index is -0.743. The van der Waals surface area contributed by atoms with Gasteiger partial charge in [-0.05, 0) is 31.4 Å². The molecule has 0 aliphatic heterocycles. The molecule has 0 unspecified atom stereocenters. The number of hydrogen-bond acceptors (Lipinski definition) is 3. The van der Waals surface area contributed by atoms with E-state index in [9.17, 15) is 9.18 Å². The fourth-order valence-electron chi connectivity index (χ4n) is 1.21. The maximum Gasteiger partial charge on any atom is 0.368 e. The molecule has 3 nitrogen and oxygen atoms in total. The van der Waals surface area contributed by atoms with E-state index >= 15 is 0 Å². The van der Waals surface area contributed by atoms with E-state index in [1.54, 1.807) is 6.07 Å². The molecule has 0 radical (unpaired) electrons. The van der Waals surface area contributed by atoms with Crippen LogP contribution in [-0.2, 0) is 4.84 Å². The Hall–Kier alpha value is -1.71. The van der Waals surface area contributed by atoms with Crippen molar-refractivity contribution in [3.8, 4) is 0 Å². The molecule has 0 N–H and O–H groups in total. The first-order valence-electron chi connectivity index (χ1n) is 4.79. The van der Waals surface area contributed by atoms with Crippen LogP contribution in [0, 0.1) is 5.82 Å². The summed E-state index contributed by atoms with van der Waals surface area (Å²) in [5, 5.41) is 3.65. The van der Waals surface area contributed by atoms with Gasteiger partial charge < -0.3 is 4.84 Å². The molecule has 1 aromatic rings. The molecule has 1 fully saturated rings. The van der Waals surface area contributed by atoms with Crippen molar-refractivity contribution in [2.75, 3.05) is 0 Å². The van der Waals surface area contributed by atoms with Gasteiger partial charge in [-0.1, -0.05) is 17.3 Å². The van der Waals surface area contributed by atoms with Crippen LogP contribution in [0.5, 0.6) is 0 Å². The quantitative estimate of drug-likeness (QED) is 0.552. The lowest BCUT2D eigenvalue weighted by molar-refractivity contribution is 0.0507. The summed E-state index contributed by atoms with van der Waals surface area (Å²) in [7, 11) is 0. The van der Waals surface area contributed by atoms with Gasteiger partial charge in [0.1, 0.15) is 5.82 Å². The predicted octanol–water partition coefficient (Wildman–Crippen LogP) is 2.52. The van der Waals surface area contributed by atoms with Gasteiger partial charge in [0.2, 0.25) is 0 Å². The molecule has 78 valence electrons. The molecule has 0 heterocycles. The van der Waals surface area contributed by atoms with Crippen molar-refractivity contribution in [1.82, 2.24) is 0 Å². The lowest BCUT2D eigenvalue weighted by atomic mass is 9.98. The van der Waals surface area contributed by atoms with Crippen molar-refractivity contribution < 1.29 is 14.0 Å². The number of oxime groups is 1. The number of halogens is 1. The summed E-state index contributed by atoms with van der Waals surface area (Å²) in [6, 6.07) is 5.69. The molecule has 1 aromatic carbocycles. The molecule has 0 bridgehead atoms. The standard InChI is InChI=1S/C11H10FNO2/c12-10-7-2-1-6-9(10)11(14)15-13-8-4-3-5-8/h1-2,6-7H,3-5H2. The molecule has 0 amide bonds. The zero-order chi connectivity index (χ0) is 10.7. The summed E-state index contributed by atoms with van der Waals surface area (Å²) in [6.07, 6.45) is 2.81. The molecule has 0 atom stereocenters. The van der Waals surface area contributed by atoms with Crippen LogP contribution >= 0.6 is 0 Å². The van der Waals surface area contributed by atoms with E-state index in [0.717, 1.165) is 25.0 Å². The average molecular weight is 207 g/mol. The Labute approximate surface area is 86.5 Å². The van der Waals surface area contributed by atoms with Crippen LogP contribution in [0.4, 0.5) is 4.39 Å². The van der Waals surface area contributed by atoms with Crippen molar-refractivity contribution in [2.24, 2.45) is 5.16 Å². The van der Waals surface area contributed by atoms with Crippen molar-refractivity contribution in [2.45, 2.75) is 19.3 Å². The van der Waals surface area contributed by atoms with E-state index in [1.165, 1.54) is 18.2 Å². The normalized spacial score (nSPS) is 14.3. The highest BCUT2D eigenvalue weighted by Gasteiger charge is 2.15. The monoisotopic (exact) mass is 207 g/mol. The minimum Gasteiger partial charge on any atom is -0.313 e. The molecule has 1 aliphatic carbocycles. The highest BCUT2D eigenvalue weighted by molar-refractivity contribution is 5.92. The molecular weight excluding hydrogens is 197 g/mol. The van der Waals surface area contributed by atoms with Crippen LogP contribution in [0.15, 0.2) is 29.4 Å². The van der Waals surface area contributed by atoms with Crippen molar-refractivity contribution in [3.05, 3.63) is 35.6 Å². The molecule has 2 rings (SSSR count). The zero-order valence-electron chi connectivity index (χ0n) is 8.07. The van der Waals surface area contributed by atoms with Gasteiger partial charge in [-0.2, -0.15) is 0 Å². The smallest absolute Gasteiger partial charge is 0.313 e. The summed E-state index contributed by atoms with van der Waals surface area (Å²) in [4.78, 5) is 16.0. The van der Waals surface area contributed by atoms with Gasteiger partial charge in [-0.3, -0.25) is 0 Å². The Bertz CT molecular complexity index is 409. The molecule has 4 heteroatoms. The number of rotatable bonds is 2. The van der Waals surface area contributed by atoms with Crippen LogP contribution in [0.3, 0.4) is 0 Å². The number of hydrogen-bond donors (Lipinski definition) is 0. The predicted molar refractivity (Wildman–Crippen MR) is 53.1 cm³/mol. The van der Waals surface area contributed by atoms with E-state index in [2.05, 4.69) is 9.99 Å². The van der Waals surface area contributed by atoms with Crippen molar-refractivity contribution >= 4 is 11.7 Å². The fraction of sp³-hybridized carbons (Fsp3) is 0.273. The van der Waals surface area contributed by atoms with Gasteiger partial charge in [-0.25, -0.2) is 9.18 Å². The summed E-state index contributed by atoms with van der Waals surface area (Å²) in [5.74, 6) is -1.33. The van der Waals surface area contributed by atoms with E-state index in [4.69, 9.17) is 0 Å². The number of nitrogens with zero attached hydrogens (tertiary/aromatic N) is 1. The fourth-order valence-corrected chi connectivity index (χ4v) is 1.21. The van der Waals surface area contributed by atoms with Crippen molar-refractivity contribution in [3.63, 3.8) is 0 Å². The number of carbonyl (C=O) groups is 1. The average Bonchev–Trinajstić information content (AvgIpc) is 2.16. The molecule has 0 aromatic heterocycles. The van der Waals surface area contributed by atoms with Gasteiger partial charge in [0, 0.05) is 0 Å². The molecule has 0 saturated heterocycles. The zero-order valence-corrected chi connectivity index (χ0v) is 8.07. The van der Waals surface area contributed by atoms with Gasteiger partial charge in [0.25, 0.3) is 0 Å². The highest BCUT2D eigenvalue weighted by Crippen LogP contribution is 2.15. The van der Waals surface area contributed by atoms with Crippen LogP contribution in [0.2, 0.25) is 0 Å². The third kappa shape index (κ3) is 2.21. The third-order valence-electron chi connectivity index (χ3n) is 2.28. The lowest BCUT2D eigenvalue weighted by Gasteiger charge is -2.12. The van der Waals surface area contributed by atoms with Crippen molar-refractivity contribution in [1.29, 1.82) is 0 Å². The SMILES string of the molecule is O=C(ON=C1CCC1)c1ccccc1F. The second-order valence-electron chi connectivity index (χ2n) is 3.37. The Morgan fingerprint density at radius 2 is 2.07 bits per heavy atom. The maximum absolute atomic E-state index is 13.1.